The van der Waals surface area contributed by atoms with Crippen molar-refractivity contribution in [1.29, 1.82) is 0 Å². The van der Waals surface area contributed by atoms with Crippen molar-refractivity contribution < 1.29 is 9.90 Å². The second-order valence-corrected chi connectivity index (χ2v) is 3.97. The molecular formula is C10H13BrN2O2. The van der Waals surface area contributed by atoms with E-state index >= 15 is 0 Å². The van der Waals surface area contributed by atoms with Crippen LogP contribution in [0.1, 0.15) is 16.8 Å². The fraction of sp³-hybridized carbons (Fsp3) is 0.300. The van der Waals surface area contributed by atoms with Crippen LogP contribution in [0.25, 0.3) is 0 Å². The molecule has 0 spiro atoms. The highest BCUT2D eigenvalue weighted by atomic mass is 79.9. The van der Waals surface area contributed by atoms with E-state index in [0.29, 0.717) is 24.2 Å². The highest BCUT2D eigenvalue weighted by molar-refractivity contribution is 9.10. The molecule has 0 unspecified atom stereocenters. The molecule has 0 bridgehead atoms. The number of nitrogens with two attached hydrogens (primary N) is 1. The van der Waals surface area contributed by atoms with E-state index in [1.165, 1.54) is 0 Å². The van der Waals surface area contributed by atoms with Gasteiger partial charge in [0.2, 0.25) is 0 Å². The van der Waals surface area contributed by atoms with Crippen LogP contribution in [0.5, 0.6) is 0 Å². The van der Waals surface area contributed by atoms with Gasteiger partial charge in [0.05, 0.1) is 5.56 Å². The number of anilines is 1. The van der Waals surface area contributed by atoms with Crippen molar-refractivity contribution in [2.75, 3.05) is 18.5 Å². The van der Waals surface area contributed by atoms with Gasteiger partial charge in [-0.2, -0.15) is 0 Å². The van der Waals surface area contributed by atoms with E-state index in [4.69, 9.17) is 10.8 Å². The molecule has 0 aliphatic carbocycles. The van der Waals surface area contributed by atoms with Crippen LogP contribution in [-0.4, -0.2) is 24.2 Å². The molecule has 4 N–H and O–H groups in total. The Kier molecular flexibility index (Phi) is 4.58. The molecule has 0 heterocycles. The summed E-state index contributed by atoms with van der Waals surface area (Å²) in [5, 5.41) is 11.7. The largest absolute Gasteiger partial charge is 0.396 e. The monoisotopic (exact) mass is 272 g/mol. The van der Waals surface area contributed by atoms with Crippen molar-refractivity contribution in [3.63, 3.8) is 0 Å². The van der Waals surface area contributed by atoms with Crippen molar-refractivity contribution in [3.8, 4) is 0 Å². The van der Waals surface area contributed by atoms with Gasteiger partial charge in [-0.3, -0.25) is 4.79 Å². The summed E-state index contributed by atoms with van der Waals surface area (Å²) in [4.78, 5) is 11.1. The maximum Gasteiger partial charge on any atom is 0.250 e. The first-order valence-corrected chi connectivity index (χ1v) is 5.38. The average molecular weight is 273 g/mol. The third kappa shape index (κ3) is 3.53. The van der Waals surface area contributed by atoms with Gasteiger partial charge in [-0.1, -0.05) is 15.9 Å². The molecule has 15 heavy (non-hydrogen) atoms. The van der Waals surface area contributed by atoms with E-state index in [2.05, 4.69) is 21.2 Å². The number of benzene rings is 1. The second-order valence-electron chi connectivity index (χ2n) is 3.06. The number of rotatable bonds is 5. The predicted molar refractivity (Wildman–Crippen MR) is 62.9 cm³/mol. The van der Waals surface area contributed by atoms with Crippen molar-refractivity contribution in [2.24, 2.45) is 5.73 Å². The molecule has 1 aromatic carbocycles. The fourth-order valence-corrected chi connectivity index (χ4v) is 1.54. The van der Waals surface area contributed by atoms with E-state index in [1.807, 2.05) is 0 Å². The minimum absolute atomic E-state index is 0.118. The van der Waals surface area contributed by atoms with Gasteiger partial charge < -0.3 is 16.2 Å². The van der Waals surface area contributed by atoms with Crippen LogP contribution in [0.3, 0.4) is 0 Å². The van der Waals surface area contributed by atoms with Gasteiger partial charge in [0.1, 0.15) is 0 Å². The lowest BCUT2D eigenvalue weighted by atomic mass is 10.1. The minimum Gasteiger partial charge on any atom is -0.396 e. The third-order valence-corrected chi connectivity index (χ3v) is 2.39. The van der Waals surface area contributed by atoms with Gasteiger partial charge in [-0.05, 0) is 24.6 Å². The van der Waals surface area contributed by atoms with Crippen molar-refractivity contribution in [3.05, 3.63) is 28.2 Å². The number of nitrogens with one attached hydrogen (secondary N) is 1. The summed E-state index contributed by atoms with van der Waals surface area (Å²) in [5.41, 5.74) is 6.37. The van der Waals surface area contributed by atoms with Gasteiger partial charge in [0.15, 0.2) is 0 Å². The third-order valence-electron chi connectivity index (χ3n) is 1.90. The zero-order valence-electron chi connectivity index (χ0n) is 8.16. The van der Waals surface area contributed by atoms with Gasteiger partial charge in [-0.15, -0.1) is 0 Å². The SMILES string of the molecule is NC(=O)c1ccc(Br)cc1NCCCO. The standard InChI is InChI=1S/C10H13BrN2O2/c11-7-2-3-8(10(12)15)9(6-7)13-4-1-5-14/h2-3,6,13-14H,1,4-5H2,(H2,12,15). The molecule has 1 rings (SSSR count). The lowest BCUT2D eigenvalue weighted by molar-refractivity contribution is 0.100. The Hall–Kier alpha value is -1.07. The lowest BCUT2D eigenvalue weighted by Crippen LogP contribution is -2.15. The van der Waals surface area contributed by atoms with E-state index in [-0.39, 0.29) is 6.61 Å². The van der Waals surface area contributed by atoms with Gasteiger partial charge in [0, 0.05) is 23.3 Å². The number of amides is 1. The van der Waals surface area contributed by atoms with Crippen LogP contribution in [-0.2, 0) is 0 Å². The Morgan fingerprint density at radius 1 is 1.53 bits per heavy atom. The molecule has 1 aromatic rings. The highest BCUT2D eigenvalue weighted by Crippen LogP contribution is 2.21. The van der Waals surface area contributed by atoms with Crippen LogP contribution in [0.15, 0.2) is 22.7 Å². The summed E-state index contributed by atoms with van der Waals surface area (Å²) in [6.07, 6.45) is 0.630. The number of hydrogen-bond donors (Lipinski definition) is 3. The first-order valence-electron chi connectivity index (χ1n) is 4.59. The number of carbonyl (C=O) groups excluding carboxylic acids is 1. The van der Waals surface area contributed by atoms with Gasteiger partial charge in [0.25, 0.3) is 5.91 Å². The van der Waals surface area contributed by atoms with E-state index in [1.54, 1.807) is 18.2 Å². The smallest absolute Gasteiger partial charge is 0.250 e. The lowest BCUT2D eigenvalue weighted by Gasteiger charge is -2.09. The van der Waals surface area contributed by atoms with Crippen molar-refractivity contribution >= 4 is 27.5 Å². The van der Waals surface area contributed by atoms with E-state index in [0.717, 1.165) is 4.47 Å². The maximum atomic E-state index is 11.1. The maximum absolute atomic E-state index is 11.1. The molecule has 4 nitrogen and oxygen atoms in total. The molecule has 5 heteroatoms. The molecule has 1 amide bonds. The normalized spacial score (nSPS) is 10.0. The summed E-state index contributed by atoms with van der Waals surface area (Å²) in [5.74, 6) is -0.464. The number of aliphatic hydroxyl groups excluding tert-OH is 1. The van der Waals surface area contributed by atoms with Crippen LogP contribution in [0.2, 0.25) is 0 Å². The van der Waals surface area contributed by atoms with Crippen LogP contribution in [0.4, 0.5) is 5.69 Å². The van der Waals surface area contributed by atoms with Gasteiger partial charge in [-0.25, -0.2) is 0 Å². The number of halogens is 1. The molecule has 0 atom stereocenters. The van der Waals surface area contributed by atoms with E-state index in [9.17, 15) is 4.79 Å². The average Bonchev–Trinajstić information content (AvgIpc) is 2.18. The number of primary amides is 1. The van der Waals surface area contributed by atoms with Crippen molar-refractivity contribution in [2.45, 2.75) is 6.42 Å². The Balaban J connectivity index is 2.82. The molecule has 0 aromatic heterocycles. The Morgan fingerprint density at radius 3 is 2.87 bits per heavy atom. The van der Waals surface area contributed by atoms with Gasteiger partial charge >= 0.3 is 0 Å². The predicted octanol–water partition coefficient (Wildman–Crippen LogP) is 1.34. The molecule has 0 radical (unpaired) electrons. The molecule has 0 aliphatic rings. The molecule has 0 aliphatic heterocycles. The molecule has 0 saturated carbocycles. The van der Waals surface area contributed by atoms with Crippen LogP contribution < -0.4 is 11.1 Å². The van der Waals surface area contributed by atoms with Crippen molar-refractivity contribution in [1.82, 2.24) is 0 Å². The summed E-state index contributed by atoms with van der Waals surface area (Å²) in [7, 11) is 0. The summed E-state index contributed by atoms with van der Waals surface area (Å²) in [6.45, 7) is 0.722. The molecule has 82 valence electrons. The number of aliphatic hydroxyl groups is 1. The number of hydrogen-bond acceptors (Lipinski definition) is 3. The Morgan fingerprint density at radius 2 is 2.27 bits per heavy atom. The summed E-state index contributed by atoms with van der Waals surface area (Å²) in [6, 6.07) is 5.21. The zero-order chi connectivity index (χ0) is 11.3. The molecule has 0 fully saturated rings. The summed E-state index contributed by atoms with van der Waals surface area (Å²) < 4.78 is 0.874. The molecular weight excluding hydrogens is 260 g/mol. The minimum atomic E-state index is -0.464. The van der Waals surface area contributed by atoms with Crippen LogP contribution in [0, 0.1) is 0 Å². The Labute approximate surface area is 96.6 Å². The molecule has 0 saturated heterocycles. The first kappa shape index (κ1) is 12.0. The number of carbonyl (C=O) groups is 1. The topological polar surface area (TPSA) is 75.4 Å². The Bertz CT molecular complexity index is 355. The van der Waals surface area contributed by atoms with Crippen LogP contribution >= 0.6 is 15.9 Å². The summed E-state index contributed by atoms with van der Waals surface area (Å²) >= 11 is 3.31. The fourth-order valence-electron chi connectivity index (χ4n) is 1.18. The first-order chi connectivity index (χ1) is 7.15. The zero-order valence-corrected chi connectivity index (χ0v) is 9.75. The van der Waals surface area contributed by atoms with E-state index < -0.39 is 5.91 Å². The highest BCUT2D eigenvalue weighted by Gasteiger charge is 2.07. The second kappa shape index (κ2) is 5.72. The quantitative estimate of drug-likeness (QED) is 0.709.